The van der Waals surface area contributed by atoms with Crippen molar-refractivity contribution in [3.63, 3.8) is 0 Å². The number of nitrogens with zero attached hydrogens (tertiary/aromatic N) is 2. The van der Waals surface area contributed by atoms with E-state index in [0.717, 1.165) is 25.3 Å². The van der Waals surface area contributed by atoms with Crippen molar-refractivity contribution in [1.29, 1.82) is 0 Å². The Morgan fingerprint density at radius 2 is 1.19 bits per heavy atom. The summed E-state index contributed by atoms with van der Waals surface area (Å²) in [6, 6.07) is 1.62. The maximum Gasteiger partial charge on any atom is 0.0651 e. The zero-order chi connectivity index (χ0) is 19.2. The minimum atomic E-state index is 0.749. The summed E-state index contributed by atoms with van der Waals surface area (Å²) < 4.78 is 5.71. The van der Waals surface area contributed by atoms with Crippen molar-refractivity contribution in [2.24, 2.45) is 0 Å². The molecule has 0 amide bonds. The summed E-state index contributed by atoms with van der Waals surface area (Å²) in [4.78, 5) is 5.32. The van der Waals surface area contributed by atoms with E-state index in [-0.39, 0.29) is 0 Å². The highest BCUT2D eigenvalue weighted by Crippen LogP contribution is 2.21. The van der Waals surface area contributed by atoms with Crippen molar-refractivity contribution in [2.75, 3.05) is 39.4 Å². The molecule has 2 fully saturated rings. The van der Waals surface area contributed by atoms with Crippen LogP contribution in [-0.2, 0) is 4.74 Å². The van der Waals surface area contributed by atoms with Crippen LogP contribution in [0, 0.1) is 0 Å². The van der Waals surface area contributed by atoms with Crippen molar-refractivity contribution in [3.05, 3.63) is 24.3 Å². The Labute approximate surface area is 168 Å². The van der Waals surface area contributed by atoms with Crippen molar-refractivity contribution in [2.45, 2.75) is 90.1 Å². The average molecular weight is 377 g/mol. The van der Waals surface area contributed by atoms with Crippen LogP contribution in [0.5, 0.6) is 0 Å². The third-order valence-electron chi connectivity index (χ3n) is 6.41. The van der Waals surface area contributed by atoms with Crippen LogP contribution in [0.4, 0.5) is 0 Å². The first-order chi connectivity index (χ1) is 13.3. The molecule has 3 nitrogen and oxygen atoms in total. The molecule has 27 heavy (non-hydrogen) atoms. The van der Waals surface area contributed by atoms with E-state index in [1.54, 1.807) is 0 Å². The molecule has 0 radical (unpaired) electrons. The first kappa shape index (κ1) is 22.6. The van der Waals surface area contributed by atoms with Crippen LogP contribution in [0.15, 0.2) is 24.3 Å². The van der Waals surface area contributed by atoms with Crippen molar-refractivity contribution >= 4 is 0 Å². The van der Waals surface area contributed by atoms with Crippen LogP contribution in [0.1, 0.15) is 78.1 Å². The minimum absolute atomic E-state index is 0.749. The Bertz CT molecular complexity index is 383. The monoisotopic (exact) mass is 376 g/mol. The van der Waals surface area contributed by atoms with Gasteiger partial charge in [0, 0.05) is 12.1 Å². The van der Waals surface area contributed by atoms with Gasteiger partial charge in [-0.1, -0.05) is 51.0 Å². The van der Waals surface area contributed by atoms with Crippen molar-refractivity contribution in [1.82, 2.24) is 9.80 Å². The van der Waals surface area contributed by atoms with Crippen LogP contribution >= 0.6 is 0 Å². The first-order valence-corrected chi connectivity index (χ1v) is 11.7. The summed E-state index contributed by atoms with van der Waals surface area (Å²) in [6.45, 7) is 11.1. The van der Waals surface area contributed by atoms with Crippen LogP contribution < -0.4 is 0 Å². The molecule has 2 aliphatic rings. The molecule has 0 aliphatic carbocycles. The summed E-state index contributed by atoms with van der Waals surface area (Å²) in [6.07, 6.45) is 22.4. The Hall–Kier alpha value is -0.640. The van der Waals surface area contributed by atoms with Crippen LogP contribution in [-0.4, -0.2) is 61.3 Å². The maximum atomic E-state index is 5.71. The molecule has 0 aromatic heterocycles. The van der Waals surface area contributed by atoms with Gasteiger partial charge < -0.3 is 14.5 Å². The quantitative estimate of drug-likeness (QED) is 0.334. The fraction of sp³-hybridized carbons (Fsp3) is 0.833. The van der Waals surface area contributed by atoms with Gasteiger partial charge >= 0.3 is 0 Å². The van der Waals surface area contributed by atoms with E-state index in [4.69, 9.17) is 4.74 Å². The normalized spacial score (nSPS) is 25.7. The second kappa shape index (κ2) is 14.4. The Balaban J connectivity index is 1.45. The number of hydrogen-bond donors (Lipinski definition) is 0. The predicted molar refractivity (Wildman–Crippen MR) is 117 cm³/mol. The molecular weight excluding hydrogens is 332 g/mol. The van der Waals surface area contributed by atoms with Crippen molar-refractivity contribution < 1.29 is 4.74 Å². The number of allylic oxidation sites excluding steroid dienone is 2. The fourth-order valence-electron chi connectivity index (χ4n) is 4.76. The second-order valence-corrected chi connectivity index (χ2v) is 8.19. The molecule has 2 saturated heterocycles. The van der Waals surface area contributed by atoms with E-state index in [0.29, 0.717) is 0 Å². The Kier molecular flexibility index (Phi) is 12.1. The third kappa shape index (κ3) is 8.93. The molecule has 0 aromatic rings. The number of ether oxygens (including phenoxy) is 1. The topological polar surface area (TPSA) is 15.7 Å². The number of piperidine rings is 2. The third-order valence-corrected chi connectivity index (χ3v) is 6.41. The zero-order valence-electron chi connectivity index (χ0n) is 18.1. The standard InChI is InChI=1S/C24H44N2O/c1-3-25-19-11-9-17-23(25)15-7-5-13-21-27-22-14-6-8-16-24-18-10-12-20-26(24)4-2/h5-6,13-14,23-24H,3-4,7-12,15-22H2,1-2H3. The molecule has 2 atom stereocenters. The molecule has 156 valence electrons. The molecule has 0 spiro atoms. The van der Waals surface area contributed by atoms with Crippen LogP contribution in [0.3, 0.4) is 0 Å². The summed E-state index contributed by atoms with van der Waals surface area (Å²) in [5, 5.41) is 0. The van der Waals surface area contributed by atoms with Gasteiger partial charge in [0.1, 0.15) is 0 Å². The van der Waals surface area contributed by atoms with E-state index in [1.807, 2.05) is 0 Å². The molecular formula is C24H44N2O. The highest BCUT2D eigenvalue weighted by atomic mass is 16.5. The van der Waals surface area contributed by atoms with Crippen molar-refractivity contribution in [3.8, 4) is 0 Å². The second-order valence-electron chi connectivity index (χ2n) is 8.19. The molecule has 2 aliphatic heterocycles. The molecule has 0 N–H and O–H groups in total. The minimum Gasteiger partial charge on any atom is -0.373 e. The lowest BCUT2D eigenvalue weighted by Gasteiger charge is -2.34. The van der Waals surface area contributed by atoms with E-state index in [9.17, 15) is 0 Å². The SMILES string of the molecule is CCN1CCCCC1CCC=CCOCC=CCCC1CCCCN1CC. The first-order valence-electron chi connectivity index (χ1n) is 11.7. The molecule has 0 aromatic carbocycles. The molecule has 2 unspecified atom stereocenters. The highest BCUT2D eigenvalue weighted by Gasteiger charge is 2.20. The van der Waals surface area contributed by atoms with Gasteiger partial charge in [-0.15, -0.1) is 0 Å². The smallest absolute Gasteiger partial charge is 0.0651 e. The van der Waals surface area contributed by atoms with Crippen LogP contribution in [0.25, 0.3) is 0 Å². The summed E-state index contributed by atoms with van der Waals surface area (Å²) in [7, 11) is 0. The van der Waals surface area contributed by atoms with E-state index < -0.39 is 0 Å². The number of rotatable bonds is 12. The highest BCUT2D eigenvalue weighted by molar-refractivity contribution is 4.87. The largest absolute Gasteiger partial charge is 0.373 e. The Morgan fingerprint density at radius 3 is 1.63 bits per heavy atom. The van der Waals surface area contributed by atoms with Gasteiger partial charge in [0.15, 0.2) is 0 Å². The molecule has 3 heteroatoms. The van der Waals surface area contributed by atoms with Gasteiger partial charge in [0.2, 0.25) is 0 Å². The molecule has 2 rings (SSSR count). The van der Waals surface area contributed by atoms with Gasteiger partial charge in [0.05, 0.1) is 13.2 Å². The van der Waals surface area contributed by atoms with Gasteiger partial charge in [-0.05, 0) is 77.5 Å². The zero-order valence-corrected chi connectivity index (χ0v) is 18.1. The van der Waals surface area contributed by atoms with Gasteiger partial charge in [-0.2, -0.15) is 0 Å². The summed E-state index contributed by atoms with van der Waals surface area (Å²) in [5.74, 6) is 0. The molecule has 0 bridgehead atoms. The lowest BCUT2D eigenvalue weighted by molar-refractivity contribution is 0.148. The van der Waals surface area contributed by atoms with Gasteiger partial charge in [0.25, 0.3) is 0 Å². The predicted octanol–water partition coefficient (Wildman–Crippen LogP) is 5.42. The van der Waals surface area contributed by atoms with E-state index in [1.165, 1.54) is 90.4 Å². The van der Waals surface area contributed by atoms with Gasteiger partial charge in [-0.3, -0.25) is 0 Å². The van der Waals surface area contributed by atoms with Gasteiger partial charge in [-0.25, -0.2) is 0 Å². The van der Waals surface area contributed by atoms with E-state index >= 15 is 0 Å². The summed E-state index contributed by atoms with van der Waals surface area (Å²) in [5.41, 5.74) is 0. The van der Waals surface area contributed by atoms with E-state index in [2.05, 4.69) is 48.0 Å². The summed E-state index contributed by atoms with van der Waals surface area (Å²) >= 11 is 0. The fourth-order valence-corrected chi connectivity index (χ4v) is 4.76. The maximum absolute atomic E-state index is 5.71. The lowest BCUT2D eigenvalue weighted by atomic mass is 9.98. The average Bonchev–Trinajstić information content (AvgIpc) is 2.72. The Morgan fingerprint density at radius 1 is 0.704 bits per heavy atom. The molecule has 2 heterocycles. The molecule has 0 saturated carbocycles. The van der Waals surface area contributed by atoms with Crippen LogP contribution in [0.2, 0.25) is 0 Å². The number of likely N-dealkylation sites (tertiary alicyclic amines) is 2. The lowest BCUT2D eigenvalue weighted by Crippen LogP contribution is -2.39. The number of hydrogen-bond acceptors (Lipinski definition) is 3.